The summed E-state index contributed by atoms with van der Waals surface area (Å²) in [6, 6.07) is 11.3. The molecule has 9 nitrogen and oxygen atoms in total. The van der Waals surface area contributed by atoms with Crippen molar-refractivity contribution >= 4 is 45.8 Å². The molecule has 5 rings (SSSR count). The van der Waals surface area contributed by atoms with Gasteiger partial charge in [0.1, 0.15) is 5.69 Å². The minimum Gasteiger partial charge on any atom is -0.461 e. The number of piperazine rings is 1. The number of anilines is 2. The van der Waals surface area contributed by atoms with Crippen LogP contribution < -0.4 is 19.7 Å². The first kappa shape index (κ1) is 22.4. The molecule has 1 aromatic heterocycles. The summed E-state index contributed by atoms with van der Waals surface area (Å²) in [6.45, 7) is 5.35. The Balaban J connectivity index is 1.29. The molecule has 0 aliphatic carbocycles. The van der Waals surface area contributed by atoms with Gasteiger partial charge in [-0.2, -0.15) is 0 Å². The van der Waals surface area contributed by atoms with Crippen molar-refractivity contribution in [1.82, 2.24) is 9.88 Å². The zero-order valence-corrected chi connectivity index (χ0v) is 19.5. The molecule has 2 aliphatic heterocycles. The number of nitrogens with one attached hydrogen (secondary N) is 2. The minimum atomic E-state index is -0.536. The lowest BCUT2D eigenvalue weighted by Crippen LogP contribution is -2.48. The third-order valence-electron chi connectivity index (χ3n) is 5.95. The molecule has 2 N–H and O–H groups in total. The van der Waals surface area contributed by atoms with E-state index in [0.717, 1.165) is 31.9 Å². The fourth-order valence-electron chi connectivity index (χ4n) is 4.29. The van der Waals surface area contributed by atoms with E-state index in [1.807, 2.05) is 24.3 Å². The van der Waals surface area contributed by atoms with Crippen LogP contribution >= 0.6 is 11.6 Å². The first-order chi connectivity index (χ1) is 16.5. The largest absolute Gasteiger partial charge is 0.461 e. The highest BCUT2D eigenvalue weighted by atomic mass is 35.5. The van der Waals surface area contributed by atoms with Gasteiger partial charge in [0.05, 0.1) is 24.4 Å². The number of rotatable bonds is 6. The number of carbonyl (C=O) groups is 2. The highest BCUT2D eigenvalue weighted by Gasteiger charge is 2.25. The minimum absolute atomic E-state index is 0.134. The molecule has 2 aromatic carbocycles. The summed E-state index contributed by atoms with van der Waals surface area (Å²) in [5, 5.41) is 4.29. The molecule has 1 amide bonds. The van der Waals surface area contributed by atoms with Gasteiger partial charge in [0.2, 0.25) is 12.7 Å². The van der Waals surface area contributed by atoms with Gasteiger partial charge in [0.25, 0.3) is 0 Å². The Morgan fingerprint density at radius 1 is 1.12 bits per heavy atom. The van der Waals surface area contributed by atoms with E-state index in [-0.39, 0.29) is 31.5 Å². The topological polar surface area (TPSA) is 96.1 Å². The standard InChI is InChI=1S/C24H25ClN4O5/c1-2-32-24(31)23-22(17-11-19-20(34-14-33-19)12-18(17)26-23)27-21(30)13-28-6-8-29(9-7-28)16-5-3-4-15(25)10-16/h3-5,10-12,26H,2,6-9,13-14H2,1H3,(H,27,30). The normalized spacial score (nSPS) is 15.5. The zero-order chi connectivity index (χ0) is 23.7. The van der Waals surface area contributed by atoms with Gasteiger partial charge in [-0.05, 0) is 31.2 Å². The van der Waals surface area contributed by atoms with Crippen molar-refractivity contribution in [2.75, 3.05) is 56.3 Å². The van der Waals surface area contributed by atoms with E-state index in [0.29, 0.717) is 33.1 Å². The van der Waals surface area contributed by atoms with Crippen LogP contribution in [0.5, 0.6) is 11.5 Å². The van der Waals surface area contributed by atoms with Gasteiger partial charge in [0.15, 0.2) is 11.5 Å². The number of ether oxygens (including phenoxy) is 3. The van der Waals surface area contributed by atoms with E-state index in [1.165, 1.54) is 0 Å². The zero-order valence-electron chi connectivity index (χ0n) is 18.7. The van der Waals surface area contributed by atoms with Gasteiger partial charge >= 0.3 is 5.97 Å². The quantitative estimate of drug-likeness (QED) is 0.517. The molecule has 0 atom stereocenters. The average molecular weight is 485 g/mol. The number of halogens is 1. The number of esters is 1. The summed E-state index contributed by atoms with van der Waals surface area (Å²) in [5.74, 6) is 0.403. The maximum Gasteiger partial charge on any atom is 0.356 e. The molecule has 10 heteroatoms. The van der Waals surface area contributed by atoms with Gasteiger partial charge in [-0.1, -0.05) is 17.7 Å². The molecule has 2 aliphatic rings. The maximum atomic E-state index is 13.0. The third-order valence-corrected chi connectivity index (χ3v) is 6.18. The molecule has 3 aromatic rings. The number of fused-ring (bicyclic) bond motifs is 2. The number of aromatic amines is 1. The number of nitrogens with zero attached hydrogens (tertiary/aromatic N) is 2. The monoisotopic (exact) mass is 484 g/mol. The lowest BCUT2D eigenvalue weighted by Gasteiger charge is -2.35. The Hall–Kier alpha value is -3.43. The van der Waals surface area contributed by atoms with Crippen molar-refractivity contribution in [2.45, 2.75) is 6.92 Å². The van der Waals surface area contributed by atoms with Crippen LogP contribution in [0.2, 0.25) is 5.02 Å². The van der Waals surface area contributed by atoms with Gasteiger partial charge in [-0.3, -0.25) is 9.69 Å². The van der Waals surface area contributed by atoms with Crippen molar-refractivity contribution in [1.29, 1.82) is 0 Å². The van der Waals surface area contributed by atoms with Crippen molar-refractivity contribution in [3.63, 3.8) is 0 Å². The summed E-state index contributed by atoms with van der Waals surface area (Å²) < 4.78 is 16.1. The number of amides is 1. The first-order valence-electron chi connectivity index (χ1n) is 11.2. The van der Waals surface area contributed by atoms with Gasteiger partial charge in [-0.25, -0.2) is 4.79 Å². The second-order valence-electron chi connectivity index (χ2n) is 8.14. The molecule has 3 heterocycles. The van der Waals surface area contributed by atoms with Crippen LogP contribution in [-0.2, 0) is 9.53 Å². The summed E-state index contributed by atoms with van der Waals surface area (Å²) in [4.78, 5) is 32.9. The molecule has 1 fully saturated rings. The Morgan fingerprint density at radius 3 is 2.62 bits per heavy atom. The van der Waals surface area contributed by atoms with Crippen LogP contribution in [-0.4, -0.2) is 67.9 Å². The van der Waals surface area contributed by atoms with Crippen molar-refractivity contribution in [2.24, 2.45) is 0 Å². The molecule has 1 saturated heterocycles. The second-order valence-corrected chi connectivity index (χ2v) is 8.57. The Kier molecular flexibility index (Phi) is 6.21. The van der Waals surface area contributed by atoms with Crippen molar-refractivity contribution in [3.8, 4) is 11.5 Å². The summed E-state index contributed by atoms with van der Waals surface area (Å²) in [5.41, 5.74) is 2.31. The highest BCUT2D eigenvalue weighted by molar-refractivity contribution is 6.30. The number of hydrogen-bond donors (Lipinski definition) is 2. The van der Waals surface area contributed by atoms with E-state index in [1.54, 1.807) is 19.1 Å². The summed E-state index contributed by atoms with van der Waals surface area (Å²) in [6.07, 6.45) is 0. The molecule has 0 bridgehead atoms. The number of benzene rings is 2. The van der Waals surface area contributed by atoms with E-state index in [4.69, 9.17) is 25.8 Å². The lowest BCUT2D eigenvalue weighted by atomic mass is 10.2. The van der Waals surface area contributed by atoms with Crippen LogP contribution in [0, 0.1) is 0 Å². The Morgan fingerprint density at radius 2 is 1.88 bits per heavy atom. The van der Waals surface area contributed by atoms with Gasteiger partial charge < -0.3 is 29.4 Å². The molecule has 0 unspecified atom stereocenters. The van der Waals surface area contributed by atoms with E-state index in [9.17, 15) is 9.59 Å². The second kappa shape index (κ2) is 9.44. The first-order valence-corrected chi connectivity index (χ1v) is 11.5. The fraction of sp³-hybridized carbons (Fsp3) is 0.333. The molecular weight excluding hydrogens is 460 g/mol. The Labute approximate surface area is 201 Å². The van der Waals surface area contributed by atoms with Crippen LogP contribution in [0.15, 0.2) is 36.4 Å². The third kappa shape index (κ3) is 4.49. The fourth-order valence-corrected chi connectivity index (χ4v) is 4.47. The molecule has 0 saturated carbocycles. The Bertz CT molecular complexity index is 1240. The molecule has 34 heavy (non-hydrogen) atoms. The smallest absolute Gasteiger partial charge is 0.356 e. The number of aromatic nitrogens is 1. The van der Waals surface area contributed by atoms with Gasteiger partial charge in [0, 0.05) is 48.3 Å². The molecule has 0 spiro atoms. The van der Waals surface area contributed by atoms with E-state index in [2.05, 4.69) is 20.1 Å². The van der Waals surface area contributed by atoms with Crippen LogP contribution in [0.3, 0.4) is 0 Å². The molecule has 0 radical (unpaired) electrons. The number of carbonyl (C=O) groups excluding carboxylic acids is 2. The van der Waals surface area contributed by atoms with Crippen LogP contribution in [0.1, 0.15) is 17.4 Å². The number of hydrogen-bond acceptors (Lipinski definition) is 7. The lowest BCUT2D eigenvalue weighted by molar-refractivity contribution is -0.117. The summed E-state index contributed by atoms with van der Waals surface area (Å²) in [7, 11) is 0. The predicted molar refractivity (Wildman–Crippen MR) is 129 cm³/mol. The molecule has 178 valence electrons. The maximum absolute atomic E-state index is 13.0. The van der Waals surface area contributed by atoms with Gasteiger partial charge in [-0.15, -0.1) is 0 Å². The summed E-state index contributed by atoms with van der Waals surface area (Å²) >= 11 is 6.12. The SMILES string of the molecule is CCOC(=O)c1[nH]c2cc3c(cc2c1NC(=O)CN1CCN(c2cccc(Cl)c2)CC1)OCO3. The average Bonchev–Trinajstić information content (AvgIpc) is 3.42. The highest BCUT2D eigenvalue weighted by Crippen LogP contribution is 2.40. The van der Waals surface area contributed by atoms with Crippen molar-refractivity contribution < 1.29 is 23.8 Å². The molecular formula is C24H25ClN4O5. The van der Waals surface area contributed by atoms with E-state index < -0.39 is 5.97 Å². The van der Waals surface area contributed by atoms with Crippen molar-refractivity contribution in [3.05, 3.63) is 47.1 Å². The van der Waals surface area contributed by atoms with Crippen LogP contribution in [0.4, 0.5) is 11.4 Å². The predicted octanol–water partition coefficient (Wildman–Crippen LogP) is 3.49. The van der Waals surface area contributed by atoms with E-state index >= 15 is 0 Å². The van der Waals surface area contributed by atoms with Crippen LogP contribution in [0.25, 0.3) is 10.9 Å². The number of H-pyrrole nitrogens is 1.